The molecule has 0 aliphatic rings. The Balaban J connectivity index is 2.97. The molecule has 0 amide bonds. The Kier molecular flexibility index (Phi) is 2.58. The van der Waals surface area contributed by atoms with E-state index < -0.39 is 0 Å². The lowest BCUT2D eigenvalue weighted by atomic mass is 10.2. The molecule has 1 heterocycles. The van der Waals surface area contributed by atoms with Gasteiger partial charge in [-0.1, -0.05) is 0 Å². The van der Waals surface area contributed by atoms with Crippen molar-refractivity contribution in [3.63, 3.8) is 0 Å². The van der Waals surface area contributed by atoms with Crippen molar-refractivity contribution >= 4 is 11.9 Å². The van der Waals surface area contributed by atoms with E-state index in [0.29, 0.717) is 5.70 Å². The van der Waals surface area contributed by atoms with Gasteiger partial charge in [-0.15, -0.1) is 0 Å². The maximum absolute atomic E-state index is 6.82. The van der Waals surface area contributed by atoms with Gasteiger partial charge in [0.2, 0.25) is 0 Å². The third kappa shape index (κ3) is 1.92. The number of hydrogen-bond acceptors (Lipinski definition) is 3. The van der Waals surface area contributed by atoms with Crippen LogP contribution < -0.4 is 5.73 Å². The number of nitrogens with zero attached hydrogens (tertiary/aromatic N) is 1. The molecule has 0 aliphatic carbocycles. The molecule has 0 fully saturated rings. The molecule has 0 saturated carbocycles. The number of pyridine rings is 1. The van der Waals surface area contributed by atoms with Crippen LogP contribution in [0.3, 0.4) is 0 Å². The Hall–Kier alpha value is -1.64. The summed E-state index contributed by atoms with van der Waals surface area (Å²) in [6.07, 6.45) is 4.40. The molecular weight excluding hydrogens is 150 g/mol. The van der Waals surface area contributed by atoms with Crippen molar-refractivity contribution in [3.05, 3.63) is 35.7 Å². The van der Waals surface area contributed by atoms with Gasteiger partial charge in [0.15, 0.2) is 0 Å². The summed E-state index contributed by atoms with van der Waals surface area (Å²) in [5.41, 5.74) is 8.00. The number of nitrogens with two attached hydrogens (primary N) is 1. The van der Waals surface area contributed by atoms with Crippen molar-refractivity contribution in [2.24, 2.45) is 5.73 Å². The van der Waals surface area contributed by atoms with Crippen LogP contribution in [-0.4, -0.2) is 11.2 Å². The van der Waals surface area contributed by atoms with Gasteiger partial charge in [-0.25, -0.2) is 0 Å². The standard InChI is InChI=1S/C9H11N3/c1-7-2-3-8(6-12-7)9(11)4-5-10/h2-6,10H,11H2,1H3/b9-4-,10-5?. The fourth-order valence-corrected chi connectivity index (χ4v) is 0.825. The minimum absolute atomic E-state index is 0.567. The van der Waals surface area contributed by atoms with Crippen molar-refractivity contribution in [3.8, 4) is 0 Å². The lowest BCUT2D eigenvalue weighted by Gasteiger charge is -1.99. The lowest BCUT2D eigenvalue weighted by molar-refractivity contribution is 1.19. The number of nitrogens with one attached hydrogen (secondary N) is 1. The van der Waals surface area contributed by atoms with E-state index in [-0.39, 0.29) is 0 Å². The van der Waals surface area contributed by atoms with Crippen LogP contribution in [0, 0.1) is 12.3 Å². The normalized spacial score (nSPS) is 11.2. The zero-order chi connectivity index (χ0) is 8.97. The van der Waals surface area contributed by atoms with Gasteiger partial charge in [0.1, 0.15) is 0 Å². The molecule has 0 radical (unpaired) electrons. The minimum Gasteiger partial charge on any atom is -0.398 e. The number of aromatic nitrogens is 1. The number of aryl methyl sites for hydroxylation is 1. The Morgan fingerprint density at radius 1 is 1.58 bits per heavy atom. The first kappa shape index (κ1) is 8.46. The zero-order valence-corrected chi connectivity index (χ0v) is 6.91. The Morgan fingerprint density at radius 3 is 2.83 bits per heavy atom. The molecule has 1 aromatic rings. The third-order valence-electron chi connectivity index (χ3n) is 1.51. The van der Waals surface area contributed by atoms with Crippen LogP contribution in [0.4, 0.5) is 0 Å². The summed E-state index contributed by atoms with van der Waals surface area (Å²) in [6.45, 7) is 1.92. The second kappa shape index (κ2) is 3.67. The molecule has 0 saturated heterocycles. The molecule has 3 nitrogen and oxygen atoms in total. The van der Waals surface area contributed by atoms with E-state index in [1.54, 1.807) is 6.20 Å². The maximum atomic E-state index is 6.82. The molecule has 3 N–H and O–H groups in total. The molecule has 0 unspecified atom stereocenters. The van der Waals surface area contributed by atoms with Crippen molar-refractivity contribution < 1.29 is 0 Å². The summed E-state index contributed by atoms with van der Waals surface area (Å²) < 4.78 is 0. The second-order valence-corrected chi connectivity index (χ2v) is 2.48. The largest absolute Gasteiger partial charge is 0.398 e. The highest BCUT2D eigenvalue weighted by Gasteiger charge is 1.94. The highest BCUT2D eigenvalue weighted by Crippen LogP contribution is 2.06. The average molecular weight is 161 g/mol. The smallest absolute Gasteiger partial charge is 0.0418 e. The van der Waals surface area contributed by atoms with Gasteiger partial charge >= 0.3 is 0 Å². The Morgan fingerprint density at radius 2 is 2.33 bits per heavy atom. The number of allylic oxidation sites excluding steroid dienone is 1. The van der Waals surface area contributed by atoms with E-state index in [9.17, 15) is 0 Å². The first-order chi connectivity index (χ1) is 5.74. The van der Waals surface area contributed by atoms with E-state index >= 15 is 0 Å². The third-order valence-corrected chi connectivity index (χ3v) is 1.51. The maximum Gasteiger partial charge on any atom is 0.0418 e. The predicted octanol–water partition coefficient (Wildman–Crippen LogP) is 1.34. The van der Waals surface area contributed by atoms with Crippen LogP contribution in [0.25, 0.3) is 5.70 Å². The molecule has 1 rings (SSSR count). The molecular formula is C9H11N3. The average Bonchev–Trinajstić information content (AvgIpc) is 2.06. The molecule has 0 aromatic carbocycles. The van der Waals surface area contributed by atoms with E-state index in [0.717, 1.165) is 17.5 Å². The van der Waals surface area contributed by atoms with Crippen LogP contribution in [0.15, 0.2) is 24.4 Å². The topological polar surface area (TPSA) is 62.8 Å². The number of rotatable bonds is 2. The molecule has 0 aliphatic heterocycles. The van der Waals surface area contributed by atoms with Gasteiger partial charge in [0.25, 0.3) is 0 Å². The minimum atomic E-state index is 0.567. The Labute approximate surface area is 71.4 Å². The zero-order valence-electron chi connectivity index (χ0n) is 6.91. The van der Waals surface area contributed by atoms with Gasteiger partial charge in [0.05, 0.1) is 0 Å². The van der Waals surface area contributed by atoms with Gasteiger partial charge in [-0.05, 0) is 25.1 Å². The molecule has 62 valence electrons. The summed E-state index contributed by atoms with van der Waals surface area (Å²) in [5.74, 6) is 0. The van der Waals surface area contributed by atoms with E-state index in [1.165, 1.54) is 6.08 Å². The summed E-state index contributed by atoms with van der Waals surface area (Å²) >= 11 is 0. The van der Waals surface area contributed by atoms with E-state index in [1.807, 2.05) is 19.1 Å². The fraction of sp³-hybridized carbons (Fsp3) is 0.111. The molecule has 1 aromatic heterocycles. The molecule has 0 bridgehead atoms. The summed E-state index contributed by atoms with van der Waals surface area (Å²) in [6, 6.07) is 3.78. The summed E-state index contributed by atoms with van der Waals surface area (Å²) in [5, 5.41) is 6.82. The highest BCUT2D eigenvalue weighted by molar-refractivity contribution is 5.81. The first-order valence-electron chi connectivity index (χ1n) is 3.63. The van der Waals surface area contributed by atoms with Crippen molar-refractivity contribution in [2.75, 3.05) is 0 Å². The fourth-order valence-electron chi connectivity index (χ4n) is 0.825. The van der Waals surface area contributed by atoms with Crippen LogP contribution in [0.2, 0.25) is 0 Å². The quantitative estimate of drug-likeness (QED) is 0.643. The molecule has 0 atom stereocenters. The van der Waals surface area contributed by atoms with Crippen LogP contribution in [0.5, 0.6) is 0 Å². The van der Waals surface area contributed by atoms with Crippen LogP contribution in [0.1, 0.15) is 11.3 Å². The molecule has 0 spiro atoms. The van der Waals surface area contributed by atoms with E-state index in [2.05, 4.69) is 4.98 Å². The first-order valence-corrected chi connectivity index (χ1v) is 3.63. The van der Waals surface area contributed by atoms with Gasteiger partial charge in [-0.2, -0.15) is 0 Å². The predicted molar refractivity (Wildman–Crippen MR) is 49.9 cm³/mol. The SMILES string of the molecule is Cc1ccc(/C(N)=C/C=N)cn1. The van der Waals surface area contributed by atoms with Crippen molar-refractivity contribution in [2.45, 2.75) is 6.92 Å². The number of hydrogen-bond donors (Lipinski definition) is 2. The van der Waals surface area contributed by atoms with Gasteiger partial charge < -0.3 is 11.1 Å². The van der Waals surface area contributed by atoms with Crippen LogP contribution in [-0.2, 0) is 0 Å². The Bertz CT molecular complexity index is 298. The van der Waals surface area contributed by atoms with E-state index in [4.69, 9.17) is 11.1 Å². The summed E-state index contributed by atoms with van der Waals surface area (Å²) in [7, 11) is 0. The lowest BCUT2D eigenvalue weighted by Crippen LogP contribution is -1.97. The highest BCUT2D eigenvalue weighted by atomic mass is 14.7. The van der Waals surface area contributed by atoms with Crippen LogP contribution >= 0.6 is 0 Å². The van der Waals surface area contributed by atoms with Crippen molar-refractivity contribution in [1.82, 2.24) is 4.98 Å². The van der Waals surface area contributed by atoms with Gasteiger partial charge in [-0.3, -0.25) is 4.98 Å². The van der Waals surface area contributed by atoms with Gasteiger partial charge in [0, 0.05) is 29.4 Å². The summed E-state index contributed by atoms with van der Waals surface area (Å²) in [4.78, 5) is 4.09. The molecule has 3 heteroatoms. The second-order valence-electron chi connectivity index (χ2n) is 2.48. The molecule has 12 heavy (non-hydrogen) atoms. The monoisotopic (exact) mass is 161 g/mol. The van der Waals surface area contributed by atoms with Crippen molar-refractivity contribution in [1.29, 1.82) is 5.41 Å².